The molecule has 2 aliphatic carbocycles. The first-order chi connectivity index (χ1) is 8.72. The zero-order valence-electron chi connectivity index (χ0n) is 10.5. The van der Waals surface area contributed by atoms with Gasteiger partial charge in [0.2, 0.25) is 0 Å². The summed E-state index contributed by atoms with van der Waals surface area (Å²) in [6.07, 6.45) is 5.54. The fourth-order valence-electron chi connectivity index (χ4n) is 3.52. The molecule has 3 atom stereocenters. The predicted octanol–water partition coefficient (Wildman–Crippen LogP) is 1.18. The van der Waals surface area contributed by atoms with Crippen molar-refractivity contribution in [2.45, 2.75) is 25.7 Å². The van der Waals surface area contributed by atoms with Crippen LogP contribution < -0.4 is 10.2 Å². The molecule has 4 heteroatoms. The molecule has 96 valence electrons. The smallest absolute Gasteiger partial charge is 0.488 e. The van der Waals surface area contributed by atoms with Crippen LogP contribution in [-0.2, 0) is 0 Å². The van der Waals surface area contributed by atoms with Crippen LogP contribution in [0, 0.1) is 17.8 Å². The minimum atomic E-state index is -1.40. The van der Waals surface area contributed by atoms with Gasteiger partial charge in [-0.05, 0) is 54.6 Å². The number of hydrogen-bond donors (Lipinski definition) is 2. The number of fused-ring (bicyclic) bond motifs is 2. The van der Waals surface area contributed by atoms with Gasteiger partial charge in [0, 0.05) is 0 Å². The van der Waals surface area contributed by atoms with E-state index in [4.69, 9.17) is 14.8 Å². The predicted molar refractivity (Wildman–Crippen MR) is 70.7 cm³/mol. The van der Waals surface area contributed by atoms with Crippen LogP contribution in [0.15, 0.2) is 24.3 Å². The molecule has 0 aromatic heterocycles. The van der Waals surface area contributed by atoms with Crippen LogP contribution in [0.5, 0.6) is 5.75 Å². The average Bonchev–Trinajstić information content (AvgIpc) is 2.99. The molecule has 2 saturated carbocycles. The highest BCUT2D eigenvalue weighted by Crippen LogP contribution is 2.48. The number of hydrogen-bond acceptors (Lipinski definition) is 3. The molecule has 0 amide bonds. The summed E-state index contributed by atoms with van der Waals surface area (Å²) in [5.41, 5.74) is 0.502. The third-order valence-electron chi connectivity index (χ3n) is 4.53. The lowest BCUT2D eigenvalue weighted by Crippen LogP contribution is -2.29. The molecule has 1 aromatic rings. The molecule has 0 aliphatic heterocycles. The van der Waals surface area contributed by atoms with Crippen LogP contribution in [-0.4, -0.2) is 23.8 Å². The molecule has 2 fully saturated rings. The third-order valence-corrected chi connectivity index (χ3v) is 4.53. The first kappa shape index (κ1) is 12.1. The van der Waals surface area contributed by atoms with Crippen molar-refractivity contribution in [1.29, 1.82) is 0 Å². The Hall–Kier alpha value is -0.995. The summed E-state index contributed by atoms with van der Waals surface area (Å²) < 4.78 is 5.81. The normalized spacial score (nSPS) is 29.6. The maximum atomic E-state index is 9.00. The summed E-state index contributed by atoms with van der Waals surface area (Å²) >= 11 is 0. The minimum absolute atomic E-state index is 0.502. The summed E-state index contributed by atoms with van der Waals surface area (Å²) in [6.45, 7) is 0.808. The summed E-state index contributed by atoms with van der Waals surface area (Å²) in [5, 5.41) is 18.0. The molecule has 0 radical (unpaired) electrons. The minimum Gasteiger partial charge on any atom is -0.493 e. The second-order valence-corrected chi connectivity index (χ2v) is 5.69. The SMILES string of the molecule is OB(O)c1ccc(OCC2CC3CCC2C3)cc1. The molecular weight excluding hydrogens is 227 g/mol. The highest BCUT2D eigenvalue weighted by molar-refractivity contribution is 6.58. The second kappa shape index (κ2) is 4.94. The molecule has 3 rings (SSSR count). The molecule has 0 spiro atoms. The lowest BCUT2D eigenvalue weighted by molar-refractivity contribution is 0.195. The van der Waals surface area contributed by atoms with Crippen LogP contribution in [0.2, 0.25) is 0 Å². The first-order valence-corrected chi connectivity index (χ1v) is 6.81. The first-order valence-electron chi connectivity index (χ1n) is 6.81. The van der Waals surface area contributed by atoms with Gasteiger partial charge in [-0.3, -0.25) is 0 Å². The van der Waals surface area contributed by atoms with Crippen LogP contribution in [0.4, 0.5) is 0 Å². The van der Waals surface area contributed by atoms with E-state index in [1.54, 1.807) is 12.1 Å². The van der Waals surface area contributed by atoms with Gasteiger partial charge < -0.3 is 14.8 Å². The van der Waals surface area contributed by atoms with Gasteiger partial charge in [0.25, 0.3) is 0 Å². The van der Waals surface area contributed by atoms with E-state index in [1.807, 2.05) is 12.1 Å². The fourth-order valence-corrected chi connectivity index (χ4v) is 3.52. The van der Waals surface area contributed by atoms with Gasteiger partial charge in [-0.15, -0.1) is 0 Å². The molecular formula is C14H19BO3. The average molecular weight is 246 g/mol. The van der Waals surface area contributed by atoms with Gasteiger partial charge in [-0.2, -0.15) is 0 Å². The summed E-state index contributed by atoms with van der Waals surface area (Å²) in [7, 11) is -1.40. The maximum absolute atomic E-state index is 9.00. The summed E-state index contributed by atoms with van der Waals surface area (Å²) in [5.74, 6) is 3.39. The standard InChI is InChI=1S/C14H19BO3/c16-15(17)13-3-5-14(6-4-13)18-9-12-8-10-1-2-11(12)7-10/h3-6,10-12,16-17H,1-2,7-9H2. The Morgan fingerprint density at radius 3 is 2.44 bits per heavy atom. The zero-order valence-corrected chi connectivity index (χ0v) is 10.5. The van der Waals surface area contributed by atoms with E-state index in [9.17, 15) is 0 Å². The Labute approximate surface area is 108 Å². The monoisotopic (exact) mass is 246 g/mol. The Morgan fingerprint density at radius 1 is 1.11 bits per heavy atom. The van der Waals surface area contributed by atoms with Crippen molar-refractivity contribution >= 4 is 12.6 Å². The second-order valence-electron chi connectivity index (χ2n) is 5.69. The van der Waals surface area contributed by atoms with Crippen LogP contribution in [0.25, 0.3) is 0 Å². The Bertz CT molecular complexity index is 404. The van der Waals surface area contributed by atoms with E-state index in [0.29, 0.717) is 5.46 Å². The Kier molecular flexibility index (Phi) is 3.31. The molecule has 0 saturated heterocycles. The highest BCUT2D eigenvalue weighted by Gasteiger charge is 2.39. The lowest BCUT2D eigenvalue weighted by atomic mass is 9.80. The number of benzene rings is 1. The molecule has 2 N–H and O–H groups in total. The van der Waals surface area contributed by atoms with E-state index in [2.05, 4.69) is 0 Å². The Balaban J connectivity index is 1.54. The van der Waals surface area contributed by atoms with E-state index in [0.717, 1.165) is 30.1 Å². The van der Waals surface area contributed by atoms with Gasteiger partial charge in [-0.25, -0.2) is 0 Å². The molecule has 1 aromatic carbocycles. The molecule has 2 bridgehead atoms. The van der Waals surface area contributed by atoms with Crippen molar-refractivity contribution in [3.63, 3.8) is 0 Å². The van der Waals surface area contributed by atoms with Gasteiger partial charge in [0.15, 0.2) is 0 Å². The van der Waals surface area contributed by atoms with Crippen LogP contribution in [0.3, 0.4) is 0 Å². The van der Waals surface area contributed by atoms with E-state index < -0.39 is 7.12 Å². The lowest BCUT2D eigenvalue weighted by Gasteiger charge is -2.21. The quantitative estimate of drug-likeness (QED) is 0.784. The van der Waals surface area contributed by atoms with Gasteiger partial charge in [0.05, 0.1) is 6.61 Å². The molecule has 2 aliphatic rings. The molecule has 3 nitrogen and oxygen atoms in total. The summed E-state index contributed by atoms with van der Waals surface area (Å²) in [4.78, 5) is 0. The fraction of sp³-hybridized carbons (Fsp3) is 0.571. The van der Waals surface area contributed by atoms with Crippen molar-refractivity contribution in [3.05, 3.63) is 24.3 Å². The Morgan fingerprint density at radius 2 is 1.89 bits per heavy atom. The zero-order chi connectivity index (χ0) is 12.5. The van der Waals surface area contributed by atoms with E-state index >= 15 is 0 Å². The topological polar surface area (TPSA) is 49.7 Å². The van der Waals surface area contributed by atoms with Gasteiger partial charge in [-0.1, -0.05) is 18.6 Å². The highest BCUT2D eigenvalue weighted by atomic mass is 16.5. The van der Waals surface area contributed by atoms with E-state index in [1.165, 1.54) is 25.7 Å². The molecule has 18 heavy (non-hydrogen) atoms. The largest absolute Gasteiger partial charge is 0.493 e. The molecule has 3 unspecified atom stereocenters. The van der Waals surface area contributed by atoms with Crippen molar-refractivity contribution in [1.82, 2.24) is 0 Å². The maximum Gasteiger partial charge on any atom is 0.488 e. The van der Waals surface area contributed by atoms with Crippen molar-refractivity contribution in [2.24, 2.45) is 17.8 Å². The van der Waals surface area contributed by atoms with Gasteiger partial charge in [0.1, 0.15) is 5.75 Å². The van der Waals surface area contributed by atoms with Crippen molar-refractivity contribution < 1.29 is 14.8 Å². The van der Waals surface area contributed by atoms with Crippen molar-refractivity contribution in [2.75, 3.05) is 6.61 Å². The van der Waals surface area contributed by atoms with Crippen LogP contribution in [0.1, 0.15) is 25.7 Å². The third kappa shape index (κ3) is 2.40. The number of ether oxygens (including phenoxy) is 1. The van der Waals surface area contributed by atoms with Crippen LogP contribution >= 0.6 is 0 Å². The summed E-state index contributed by atoms with van der Waals surface area (Å²) in [6, 6.07) is 7.01. The molecule has 0 heterocycles. The number of rotatable bonds is 4. The van der Waals surface area contributed by atoms with Gasteiger partial charge >= 0.3 is 7.12 Å². The van der Waals surface area contributed by atoms with E-state index in [-0.39, 0.29) is 0 Å². The van der Waals surface area contributed by atoms with Crippen molar-refractivity contribution in [3.8, 4) is 5.75 Å².